The van der Waals surface area contributed by atoms with E-state index in [0.717, 1.165) is 31.4 Å². The second-order valence-corrected chi connectivity index (χ2v) is 8.02. The van der Waals surface area contributed by atoms with Gasteiger partial charge in [-0.25, -0.2) is 0 Å². The van der Waals surface area contributed by atoms with E-state index in [1.54, 1.807) is 0 Å². The molecule has 150 valence electrons. The quantitative estimate of drug-likeness (QED) is 0.531. The Morgan fingerprint density at radius 1 is 1.07 bits per heavy atom. The number of aromatic nitrogens is 1. The van der Waals surface area contributed by atoms with Gasteiger partial charge in [0.05, 0.1) is 11.6 Å². The first-order chi connectivity index (χ1) is 13.8. The number of hydrogen-bond acceptors (Lipinski definition) is 1. The molecule has 0 N–H and O–H groups in total. The standard InChI is InChI=1S/C23H21F3N2O/c1-14-5-10-19-18(13-14)17-3-2-4-20-21(17)27(19)11-12-28(20)22(29)15-6-8-16(9-7-15)23(24,25)26/h5-10,13,20H,2-4,11-12H2,1H3/t20-/m0/s1. The number of aryl methyl sites for hydroxylation is 2. The Kier molecular flexibility index (Phi) is 4.02. The fourth-order valence-corrected chi connectivity index (χ4v) is 4.93. The van der Waals surface area contributed by atoms with E-state index in [4.69, 9.17) is 0 Å². The summed E-state index contributed by atoms with van der Waals surface area (Å²) in [7, 11) is 0. The van der Waals surface area contributed by atoms with Crippen molar-refractivity contribution in [3.63, 3.8) is 0 Å². The molecule has 2 heterocycles. The van der Waals surface area contributed by atoms with E-state index in [1.165, 1.54) is 39.9 Å². The summed E-state index contributed by atoms with van der Waals surface area (Å²) in [5, 5.41) is 1.27. The molecule has 29 heavy (non-hydrogen) atoms. The molecule has 6 heteroatoms. The summed E-state index contributed by atoms with van der Waals surface area (Å²) in [6.45, 7) is 3.36. The van der Waals surface area contributed by atoms with Crippen molar-refractivity contribution in [2.75, 3.05) is 6.54 Å². The molecule has 0 unspecified atom stereocenters. The van der Waals surface area contributed by atoms with E-state index < -0.39 is 11.7 Å². The third-order valence-electron chi connectivity index (χ3n) is 6.25. The van der Waals surface area contributed by atoms with E-state index in [2.05, 4.69) is 29.7 Å². The molecular formula is C23H21F3N2O. The van der Waals surface area contributed by atoms with Crippen molar-refractivity contribution in [3.8, 4) is 0 Å². The summed E-state index contributed by atoms with van der Waals surface area (Å²) < 4.78 is 40.9. The molecule has 0 saturated heterocycles. The molecule has 2 aliphatic rings. The predicted molar refractivity (Wildman–Crippen MR) is 105 cm³/mol. The minimum Gasteiger partial charge on any atom is -0.341 e. The van der Waals surface area contributed by atoms with Gasteiger partial charge in [-0.15, -0.1) is 0 Å². The van der Waals surface area contributed by atoms with Crippen LogP contribution in [0.3, 0.4) is 0 Å². The lowest BCUT2D eigenvalue weighted by Gasteiger charge is -2.40. The van der Waals surface area contributed by atoms with Crippen LogP contribution in [0.4, 0.5) is 13.2 Å². The Balaban J connectivity index is 1.53. The van der Waals surface area contributed by atoms with Crippen molar-refractivity contribution < 1.29 is 18.0 Å². The molecule has 1 aromatic heterocycles. The zero-order valence-corrected chi connectivity index (χ0v) is 16.1. The van der Waals surface area contributed by atoms with E-state index in [0.29, 0.717) is 18.7 Å². The monoisotopic (exact) mass is 398 g/mol. The number of carbonyl (C=O) groups excluding carboxylic acids is 1. The highest BCUT2D eigenvalue weighted by Gasteiger charge is 2.37. The minimum atomic E-state index is -4.40. The molecule has 1 aliphatic carbocycles. The van der Waals surface area contributed by atoms with Gasteiger partial charge >= 0.3 is 6.18 Å². The number of benzene rings is 2. The Morgan fingerprint density at radius 3 is 2.55 bits per heavy atom. The van der Waals surface area contributed by atoms with Crippen molar-refractivity contribution in [1.29, 1.82) is 0 Å². The van der Waals surface area contributed by atoms with Crippen molar-refractivity contribution >= 4 is 16.8 Å². The van der Waals surface area contributed by atoms with Gasteiger partial charge in [-0.2, -0.15) is 13.2 Å². The Bertz CT molecular complexity index is 1110. The molecule has 1 atom stereocenters. The number of alkyl halides is 3. The topological polar surface area (TPSA) is 25.2 Å². The lowest BCUT2D eigenvalue weighted by Crippen LogP contribution is -2.43. The normalized spacial score (nSPS) is 18.8. The first-order valence-electron chi connectivity index (χ1n) is 9.94. The van der Waals surface area contributed by atoms with Gasteiger partial charge in [0, 0.05) is 35.2 Å². The highest BCUT2D eigenvalue weighted by Crippen LogP contribution is 2.43. The van der Waals surface area contributed by atoms with E-state index in [9.17, 15) is 18.0 Å². The Labute approximate surface area is 166 Å². The van der Waals surface area contributed by atoms with E-state index in [1.807, 2.05) is 4.90 Å². The SMILES string of the molecule is Cc1ccc2c(c1)c1c3n2CCN(C(=O)c2ccc(C(F)(F)F)cc2)[C@H]3CCC1. The molecule has 1 aliphatic heterocycles. The molecule has 2 aromatic carbocycles. The molecule has 0 radical (unpaired) electrons. The summed E-state index contributed by atoms with van der Waals surface area (Å²) >= 11 is 0. The zero-order chi connectivity index (χ0) is 20.3. The van der Waals surface area contributed by atoms with Crippen LogP contribution in [0.2, 0.25) is 0 Å². The average Bonchev–Trinajstić information content (AvgIpc) is 3.02. The summed E-state index contributed by atoms with van der Waals surface area (Å²) in [6, 6.07) is 11.0. The lowest BCUT2D eigenvalue weighted by atomic mass is 9.89. The van der Waals surface area contributed by atoms with Crippen LogP contribution in [0.5, 0.6) is 0 Å². The van der Waals surface area contributed by atoms with Crippen LogP contribution in [-0.2, 0) is 19.1 Å². The van der Waals surface area contributed by atoms with Gasteiger partial charge in [-0.3, -0.25) is 4.79 Å². The molecule has 3 aromatic rings. The van der Waals surface area contributed by atoms with Gasteiger partial charge in [0.1, 0.15) is 0 Å². The Morgan fingerprint density at radius 2 is 1.83 bits per heavy atom. The predicted octanol–water partition coefficient (Wildman–Crippen LogP) is 5.50. The minimum absolute atomic E-state index is 0.0185. The summed E-state index contributed by atoms with van der Waals surface area (Å²) in [5.74, 6) is -0.190. The number of fused-ring (bicyclic) bond motifs is 3. The van der Waals surface area contributed by atoms with Crippen LogP contribution in [0.25, 0.3) is 10.9 Å². The zero-order valence-electron chi connectivity index (χ0n) is 16.1. The van der Waals surface area contributed by atoms with Crippen molar-refractivity contribution in [3.05, 3.63) is 70.4 Å². The maximum atomic E-state index is 13.2. The van der Waals surface area contributed by atoms with Gasteiger partial charge in [-0.05, 0) is 68.1 Å². The van der Waals surface area contributed by atoms with Gasteiger partial charge in [-0.1, -0.05) is 11.6 Å². The fourth-order valence-electron chi connectivity index (χ4n) is 4.93. The molecule has 5 rings (SSSR count). The molecular weight excluding hydrogens is 377 g/mol. The molecule has 0 saturated carbocycles. The molecule has 0 bridgehead atoms. The van der Waals surface area contributed by atoms with Crippen molar-refractivity contribution in [1.82, 2.24) is 9.47 Å². The second-order valence-electron chi connectivity index (χ2n) is 8.02. The number of carbonyl (C=O) groups is 1. The van der Waals surface area contributed by atoms with Crippen LogP contribution < -0.4 is 0 Å². The van der Waals surface area contributed by atoms with Gasteiger partial charge < -0.3 is 9.47 Å². The third kappa shape index (κ3) is 2.84. The lowest BCUT2D eigenvalue weighted by molar-refractivity contribution is -0.137. The summed E-state index contributed by atoms with van der Waals surface area (Å²) in [4.78, 5) is 15.0. The number of halogens is 3. The number of nitrogens with zero attached hydrogens (tertiary/aromatic N) is 2. The summed E-state index contributed by atoms with van der Waals surface area (Å²) in [6.07, 6.45) is -1.51. The van der Waals surface area contributed by atoms with Crippen LogP contribution in [0, 0.1) is 6.92 Å². The Hall–Kier alpha value is -2.76. The van der Waals surface area contributed by atoms with E-state index in [-0.39, 0.29) is 11.9 Å². The highest BCUT2D eigenvalue weighted by atomic mass is 19.4. The van der Waals surface area contributed by atoms with Crippen LogP contribution in [0.1, 0.15) is 51.6 Å². The largest absolute Gasteiger partial charge is 0.416 e. The van der Waals surface area contributed by atoms with E-state index >= 15 is 0 Å². The van der Waals surface area contributed by atoms with Gasteiger partial charge in [0.15, 0.2) is 0 Å². The fraction of sp³-hybridized carbons (Fsp3) is 0.348. The second kappa shape index (κ2) is 6.37. The first kappa shape index (κ1) is 18.3. The number of hydrogen-bond donors (Lipinski definition) is 0. The average molecular weight is 398 g/mol. The summed E-state index contributed by atoms with van der Waals surface area (Å²) in [5.41, 5.74) is 4.55. The molecule has 3 nitrogen and oxygen atoms in total. The molecule has 1 amide bonds. The maximum absolute atomic E-state index is 13.2. The smallest absolute Gasteiger partial charge is 0.341 e. The number of amides is 1. The van der Waals surface area contributed by atoms with Crippen molar-refractivity contribution in [2.45, 2.75) is 44.9 Å². The third-order valence-corrected chi connectivity index (χ3v) is 6.25. The van der Waals surface area contributed by atoms with Crippen LogP contribution in [0.15, 0.2) is 42.5 Å². The van der Waals surface area contributed by atoms with Crippen molar-refractivity contribution in [2.24, 2.45) is 0 Å². The first-order valence-corrected chi connectivity index (χ1v) is 9.94. The van der Waals surface area contributed by atoms with Crippen LogP contribution in [-0.4, -0.2) is 21.9 Å². The molecule has 0 fully saturated rings. The van der Waals surface area contributed by atoms with Crippen LogP contribution >= 0.6 is 0 Å². The maximum Gasteiger partial charge on any atom is 0.416 e. The molecule has 0 spiro atoms. The van der Waals surface area contributed by atoms with Gasteiger partial charge in [0.2, 0.25) is 0 Å². The van der Waals surface area contributed by atoms with Gasteiger partial charge in [0.25, 0.3) is 5.91 Å². The number of rotatable bonds is 1. The highest BCUT2D eigenvalue weighted by molar-refractivity contribution is 5.95.